The minimum Gasteiger partial charge on any atom is -0.496 e. The zero-order chi connectivity index (χ0) is 17.9. The summed E-state index contributed by atoms with van der Waals surface area (Å²) in [6.07, 6.45) is 18.5. The first-order chi connectivity index (χ1) is 12.2. The highest BCUT2D eigenvalue weighted by molar-refractivity contribution is 9.10. The Bertz CT molecular complexity index is 477. The lowest BCUT2D eigenvalue weighted by molar-refractivity contribution is 0.301. The molecule has 1 fully saturated rings. The van der Waals surface area contributed by atoms with E-state index in [1.807, 2.05) is 0 Å². The SMILES string of the molecule is CCCCCCCCCCC1CCC(c2ccc(OC)c(Br)c2)CC1. The van der Waals surface area contributed by atoms with Crippen LogP contribution in [0.2, 0.25) is 0 Å². The number of halogens is 1. The van der Waals surface area contributed by atoms with Crippen molar-refractivity contribution >= 4 is 15.9 Å². The molecule has 0 aromatic heterocycles. The molecule has 25 heavy (non-hydrogen) atoms. The second-order valence-electron chi connectivity index (χ2n) is 7.88. The van der Waals surface area contributed by atoms with Crippen molar-refractivity contribution in [1.82, 2.24) is 0 Å². The maximum Gasteiger partial charge on any atom is 0.133 e. The minimum atomic E-state index is 0.747. The van der Waals surface area contributed by atoms with E-state index < -0.39 is 0 Å². The lowest BCUT2D eigenvalue weighted by Crippen LogP contribution is -2.13. The molecule has 1 aliphatic carbocycles. The fourth-order valence-electron chi connectivity index (χ4n) is 4.29. The Hall–Kier alpha value is -0.500. The highest BCUT2D eigenvalue weighted by Gasteiger charge is 2.22. The average Bonchev–Trinajstić information content (AvgIpc) is 2.64. The van der Waals surface area contributed by atoms with Crippen LogP contribution in [0, 0.1) is 5.92 Å². The second kappa shape index (κ2) is 12.0. The smallest absolute Gasteiger partial charge is 0.133 e. The maximum atomic E-state index is 5.35. The van der Waals surface area contributed by atoms with Crippen LogP contribution in [0.25, 0.3) is 0 Å². The van der Waals surface area contributed by atoms with Crippen LogP contribution in [0.1, 0.15) is 102 Å². The number of hydrogen-bond donors (Lipinski definition) is 0. The predicted octanol–water partition coefficient (Wildman–Crippen LogP) is 8.26. The molecular weight excluding hydrogens is 372 g/mol. The summed E-state index contributed by atoms with van der Waals surface area (Å²) in [4.78, 5) is 0. The molecule has 1 aromatic rings. The van der Waals surface area contributed by atoms with Crippen molar-refractivity contribution < 1.29 is 4.74 Å². The average molecular weight is 409 g/mol. The van der Waals surface area contributed by atoms with Crippen molar-refractivity contribution in [2.75, 3.05) is 7.11 Å². The third kappa shape index (κ3) is 7.33. The van der Waals surface area contributed by atoms with Gasteiger partial charge in [-0.2, -0.15) is 0 Å². The van der Waals surface area contributed by atoms with Gasteiger partial charge in [0.25, 0.3) is 0 Å². The van der Waals surface area contributed by atoms with Gasteiger partial charge in [-0.05, 0) is 71.1 Å². The van der Waals surface area contributed by atoms with Gasteiger partial charge in [0.05, 0.1) is 11.6 Å². The van der Waals surface area contributed by atoms with Crippen LogP contribution >= 0.6 is 15.9 Å². The summed E-state index contributed by atoms with van der Waals surface area (Å²) < 4.78 is 6.44. The van der Waals surface area contributed by atoms with Crippen LogP contribution in [0.15, 0.2) is 22.7 Å². The first kappa shape index (κ1) is 20.8. The number of rotatable bonds is 11. The third-order valence-corrected chi connectivity index (χ3v) is 6.58. The molecule has 1 nitrogen and oxygen atoms in total. The summed E-state index contributed by atoms with van der Waals surface area (Å²) in [5.74, 6) is 2.67. The van der Waals surface area contributed by atoms with E-state index >= 15 is 0 Å². The molecule has 0 N–H and O–H groups in total. The highest BCUT2D eigenvalue weighted by Crippen LogP contribution is 2.39. The van der Waals surface area contributed by atoms with Gasteiger partial charge >= 0.3 is 0 Å². The molecule has 0 aliphatic heterocycles. The Morgan fingerprint density at radius 3 is 2.16 bits per heavy atom. The maximum absolute atomic E-state index is 5.35. The molecule has 1 aliphatic rings. The summed E-state index contributed by atoms with van der Waals surface area (Å²) in [7, 11) is 1.73. The molecule has 0 radical (unpaired) electrons. The fraction of sp³-hybridized carbons (Fsp3) is 0.739. The van der Waals surface area contributed by atoms with E-state index in [0.29, 0.717) is 0 Å². The standard InChI is InChI=1S/C23H37BrO/c1-3-4-5-6-7-8-9-10-11-19-12-14-20(15-13-19)21-16-17-23(25-2)22(24)18-21/h16-20H,3-15H2,1-2H3. The van der Waals surface area contributed by atoms with E-state index in [1.165, 1.54) is 89.0 Å². The molecule has 142 valence electrons. The van der Waals surface area contributed by atoms with Gasteiger partial charge in [0.15, 0.2) is 0 Å². The summed E-state index contributed by atoms with van der Waals surface area (Å²) in [5, 5.41) is 0. The Morgan fingerprint density at radius 1 is 0.920 bits per heavy atom. The topological polar surface area (TPSA) is 9.23 Å². The monoisotopic (exact) mass is 408 g/mol. The lowest BCUT2D eigenvalue weighted by Gasteiger charge is -2.29. The number of hydrogen-bond acceptors (Lipinski definition) is 1. The largest absolute Gasteiger partial charge is 0.496 e. The van der Waals surface area contributed by atoms with Crippen molar-refractivity contribution in [3.63, 3.8) is 0 Å². The predicted molar refractivity (Wildman–Crippen MR) is 113 cm³/mol. The van der Waals surface area contributed by atoms with Crippen molar-refractivity contribution in [3.05, 3.63) is 28.2 Å². The van der Waals surface area contributed by atoms with E-state index in [9.17, 15) is 0 Å². The van der Waals surface area contributed by atoms with E-state index in [4.69, 9.17) is 4.74 Å². The van der Waals surface area contributed by atoms with Gasteiger partial charge < -0.3 is 4.74 Å². The zero-order valence-electron chi connectivity index (χ0n) is 16.4. The van der Waals surface area contributed by atoms with Crippen LogP contribution in [0.3, 0.4) is 0 Å². The Balaban J connectivity index is 1.59. The molecular formula is C23H37BrO. The number of ether oxygens (including phenoxy) is 1. The minimum absolute atomic E-state index is 0.747. The Labute approximate surface area is 164 Å². The van der Waals surface area contributed by atoms with Gasteiger partial charge in [0, 0.05) is 0 Å². The van der Waals surface area contributed by atoms with Gasteiger partial charge in [0.2, 0.25) is 0 Å². The van der Waals surface area contributed by atoms with E-state index in [-0.39, 0.29) is 0 Å². The van der Waals surface area contributed by atoms with Crippen molar-refractivity contribution in [1.29, 1.82) is 0 Å². The van der Waals surface area contributed by atoms with Crippen LogP contribution in [-0.2, 0) is 0 Å². The zero-order valence-corrected chi connectivity index (χ0v) is 18.0. The molecule has 0 unspecified atom stereocenters. The molecule has 0 bridgehead atoms. The van der Waals surface area contributed by atoms with Crippen molar-refractivity contribution in [2.45, 2.75) is 96.3 Å². The molecule has 2 rings (SSSR count). The molecule has 1 saturated carbocycles. The summed E-state index contributed by atoms with van der Waals surface area (Å²) in [6, 6.07) is 6.63. The molecule has 1 aromatic carbocycles. The van der Waals surface area contributed by atoms with E-state index in [1.54, 1.807) is 7.11 Å². The number of unbranched alkanes of at least 4 members (excludes halogenated alkanes) is 7. The van der Waals surface area contributed by atoms with Crippen LogP contribution in [0.5, 0.6) is 5.75 Å². The molecule has 0 spiro atoms. The van der Waals surface area contributed by atoms with Gasteiger partial charge in [-0.15, -0.1) is 0 Å². The fourth-order valence-corrected chi connectivity index (χ4v) is 4.85. The van der Waals surface area contributed by atoms with Crippen LogP contribution < -0.4 is 4.74 Å². The van der Waals surface area contributed by atoms with Crippen LogP contribution in [0.4, 0.5) is 0 Å². The van der Waals surface area contributed by atoms with Crippen molar-refractivity contribution in [2.24, 2.45) is 5.92 Å². The molecule has 0 saturated heterocycles. The van der Waals surface area contributed by atoms with E-state index in [0.717, 1.165) is 22.1 Å². The molecule has 2 heteroatoms. The highest BCUT2D eigenvalue weighted by atomic mass is 79.9. The first-order valence-electron chi connectivity index (χ1n) is 10.6. The van der Waals surface area contributed by atoms with E-state index in [2.05, 4.69) is 41.1 Å². The first-order valence-corrected chi connectivity index (χ1v) is 11.4. The Kier molecular flexibility index (Phi) is 9.98. The summed E-state index contributed by atoms with van der Waals surface area (Å²) in [6.45, 7) is 2.29. The normalized spacial score (nSPS) is 20.6. The summed E-state index contributed by atoms with van der Waals surface area (Å²) in [5.41, 5.74) is 1.48. The molecule has 0 heterocycles. The second-order valence-corrected chi connectivity index (χ2v) is 8.73. The molecule has 0 amide bonds. The van der Waals surface area contributed by atoms with Gasteiger partial charge in [0.1, 0.15) is 5.75 Å². The number of methoxy groups -OCH3 is 1. The van der Waals surface area contributed by atoms with Gasteiger partial charge in [-0.25, -0.2) is 0 Å². The lowest BCUT2D eigenvalue weighted by atomic mass is 9.77. The Morgan fingerprint density at radius 2 is 1.56 bits per heavy atom. The summed E-state index contributed by atoms with van der Waals surface area (Å²) >= 11 is 3.63. The van der Waals surface area contributed by atoms with Crippen LogP contribution in [-0.4, -0.2) is 7.11 Å². The van der Waals surface area contributed by atoms with Crippen molar-refractivity contribution in [3.8, 4) is 5.75 Å². The third-order valence-electron chi connectivity index (χ3n) is 5.96. The number of benzene rings is 1. The molecule has 0 atom stereocenters. The van der Waals surface area contributed by atoms with Gasteiger partial charge in [-0.3, -0.25) is 0 Å². The van der Waals surface area contributed by atoms with Gasteiger partial charge in [-0.1, -0.05) is 70.8 Å². The quantitative estimate of drug-likeness (QED) is 0.334.